The molecular weight excluding hydrogens is 264 g/mol. The summed E-state index contributed by atoms with van der Waals surface area (Å²) < 4.78 is 1.84. The number of carbonyl (C=O) groups excluding carboxylic acids is 1. The number of aromatic nitrogens is 3. The van der Waals surface area contributed by atoms with Gasteiger partial charge in [-0.25, -0.2) is 0 Å². The third-order valence-electron chi connectivity index (χ3n) is 3.46. The molecule has 0 saturated carbocycles. The van der Waals surface area contributed by atoms with Gasteiger partial charge in [-0.2, -0.15) is 0 Å². The van der Waals surface area contributed by atoms with E-state index < -0.39 is 0 Å². The van der Waals surface area contributed by atoms with Crippen LogP contribution in [0.3, 0.4) is 0 Å². The lowest BCUT2D eigenvalue weighted by atomic mass is 10.1. The predicted octanol–water partition coefficient (Wildman–Crippen LogP) is 2.85. The Bertz CT molecular complexity index is 790. The molecule has 0 bridgehead atoms. The smallest absolute Gasteiger partial charge is 0.255 e. The molecular formula is C16H16N4O. The number of aryl methyl sites for hydroxylation is 2. The molecule has 0 fully saturated rings. The van der Waals surface area contributed by atoms with E-state index in [4.69, 9.17) is 0 Å². The molecule has 106 valence electrons. The summed E-state index contributed by atoms with van der Waals surface area (Å²) in [6.07, 6.45) is 2.79. The van der Waals surface area contributed by atoms with Crippen molar-refractivity contribution in [2.75, 3.05) is 5.32 Å². The summed E-state index contributed by atoms with van der Waals surface area (Å²) in [5, 5.41) is 10.9. The fraction of sp³-hybridized carbons (Fsp3) is 0.188. The summed E-state index contributed by atoms with van der Waals surface area (Å²) in [4.78, 5) is 12.3. The van der Waals surface area contributed by atoms with Gasteiger partial charge >= 0.3 is 0 Å². The lowest BCUT2D eigenvalue weighted by molar-refractivity contribution is 0.102. The van der Waals surface area contributed by atoms with Crippen LogP contribution in [0.1, 0.15) is 28.7 Å². The molecule has 1 aromatic carbocycles. The first-order valence-corrected chi connectivity index (χ1v) is 6.89. The van der Waals surface area contributed by atoms with Crippen LogP contribution in [0.15, 0.2) is 42.6 Å². The second-order valence-electron chi connectivity index (χ2n) is 4.90. The standard InChI is InChI=1S/C16H16N4O/c1-3-12-4-6-14(7-5-12)17-16(21)13-8-9-20-11(2)18-19-15(20)10-13/h4-10H,3H2,1-2H3,(H,17,21). The molecule has 5 nitrogen and oxygen atoms in total. The Morgan fingerprint density at radius 2 is 1.95 bits per heavy atom. The highest BCUT2D eigenvalue weighted by atomic mass is 16.1. The lowest BCUT2D eigenvalue weighted by Gasteiger charge is -2.06. The number of nitrogens with zero attached hydrogens (tertiary/aromatic N) is 3. The number of fused-ring (bicyclic) bond motifs is 1. The van der Waals surface area contributed by atoms with Crippen molar-refractivity contribution in [3.8, 4) is 0 Å². The van der Waals surface area contributed by atoms with E-state index in [2.05, 4.69) is 22.4 Å². The van der Waals surface area contributed by atoms with Gasteiger partial charge < -0.3 is 5.32 Å². The Kier molecular flexibility index (Phi) is 3.39. The van der Waals surface area contributed by atoms with Gasteiger partial charge in [-0.1, -0.05) is 19.1 Å². The molecule has 0 unspecified atom stereocenters. The van der Waals surface area contributed by atoms with Gasteiger partial charge in [0, 0.05) is 17.4 Å². The first-order valence-electron chi connectivity index (χ1n) is 6.89. The van der Waals surface area contributed by atoms with Crippen molar-refractivity contribution in [3.05, 3.63) is 59.5 Å². The third-order valence-corrected chi connectivity index (χ3v) is 3.46. The molecule has 0 aliphatic rings. The van der Waals surface area contributed by atoms with Crippen LogP contribution in [-0.2, 0) is 6.42 Å². The molecule has 1 amide bonds. The predicted molar refractivity (Wildman–Crippen MR) is 81.5 cm³/mol. The van der Waals surface area contributed by atoms with Gasteiger partial charge in [0.25, 0.3) is 5.91 Å². The van der Waals surface area contributed by atoms with Crippen LogP contribution < -0.4 is 5.32 Å². The Morgan fingerprint density at radius 3 is 2.67 bits per heavy atom. The summed E-state index contributed by atoms with van der Waals surface area (Å²) >= 11 is 0. The summed E-state index contributed by atoms with van der Waals surface area (Å²) in [6.45, 7) is 3.97. The van der Waals surface area contributed by atoms with Crippen LogP contribution in [0.5, 0.6) is 0 Å². The van der Waals surface area contributed by atoms with Crippen molar-refractivity contribution < 1.29 is 4.79 Å². The molecule has 3 aromatic rings. The SMILES string of the molecule is CCc1ccc(NC(=O)c2ccn3c(C)nnc3c2)cc1. The first kappa shape index (κ1) is 13.3. The number of benzene rings is 1. The van der Waals surface area contributed by atoms with E-state index in [-0.39, 0.29) is 5.91 Å². The van der Waals surface area contributed by atoms with Gasteiger partial charge in [0.05, 0.1) is 0 Å². The normalized spacial score (nSPS) is 10.8. The topological polar surface area (TPSA) is 59.3 Å². The monoisotopic (exact) mass is 280 g/mol. The van der Waals surface area contributed by atoms with Crippen molar-refractivity contribution >= 4 is 17.2 Å². The molecule has 0 radical (unpaired) electrons. The number of amides is 1. The highest BCUT2D eigenvalue weighted by molar-refractivity contribution is 6.04. The molecule has 2 aromatic heterocycles. The van der Waals surface area contributed by atoms with Crippen LogP contribution in [0.4, 0.5) is 5.69 Å². The van der Waals surface area contributed by atoms with E-state index in [0.717, 1.165) is 17.9 Å². The van der Waals surface area contributed by atoms with E-state index in [1.165, 1.54) is 5.56 Å². The number of hydrogen-bond donors (Lipinski definition) is 1. The van der Waals surface area contributed by atoms with Crippen LogP contribution in [0, 0.1) is 6.92 Å². The molecule has 0 aliphatic heterocycles. The third kappa shape index (κ3) is 2.63. The van der Waals surface area contributed by atoms with Crippen molar-refractivity contribution in [3.63, 3.8) is 0 Å². The zero-order valence-corrected chi connectivity index (χ0v) is 12.0. The minimum Gasteiger partial charge on any atom is -0.322 e. The first-order chi connectivity index (χ1) is 10.2. The van der Waals surface area contributed by atoms with Crippen molar-refractivity contribution in [1.29, 1.82) is 0 Å². The zero-order valence-electron chi connectivity index (χ0n) is 12.0. The van der Waals surface area contributed by atoms with Gasteiger partial charge in [-0.15, -0.1) is 10.2 Å². The van der Waals surface area contributed by atoms with Crippen LogP contribution in [0.25, 0.3) is 5.65 Å². The summed E-state index contributed by atoms with van der Waals surface area (Å²) in [5.74, 6) is 0.648. The van der Waals surface area contributed by atoms with Crippen molar-refractivity contribution in [2.24, 2.45) is 0 Å². The number of pyridine rings is 1. The maximum atomic E-state index is 12.3. The molecule has 21 heavy (non-hydrogen) atoms. The summed E-state index contributed by atoms with van der Waals surface area (Å²) in [7, 11) is 0. The van der Waals surface area contributed by atoms with E-state index in [0.29, 0.717) is 11.2 Å². The van der Waals surface area contributed by atoms with Gasteiger partial charge in [0.1, 0.15) is 5.82 Å². The van der Waals surface area contributed by atoms with E-state index in [9.17, 15) is 4.79 Å². The Morgan fingerprint density at radius 1 is 1.19 bits per heavy atom. The molecule has 0 spiro atoms. The number of carbonyl (C=O) groups is 1. The number of nitrogens with one attached hydrogen (secondary N) is 1. The van der Waals surface area contributed by atoms with Crippen LogP contribution in [0.2, 0.25) is 0 Å². The molecule has 3 rings (SSSR count). The van der Waals surface area contributed by atoms with Gasteiger partial charge in [-0.3, -0.25) is 9.20 Å². The van der Waals surface area contributed by atoms with Gasteiger partial charge in [0.2, 0.25) is 0 Å². The highest BCUT2D eigenvalue weighted by Gasteiger charge is 2.09. The van der Waals surface area contributed by atoms with Crippen molar-refractivity contribution in [2.45, 2.75) is 20.3 Å². The maximum absolute atomic E-state index is 12.3. The van der Waals surface area contributed by atoms with Gasteiger partial charge in [-0.05, 0) is 43.2 Å². The number of anilines is 1. The molecule has 2 heterocycles. The van der Waals surface area contributed by atoms with E-state index >= 15 is 0 Å². The van der Waals surface area contributed by atoms with Crippen LogP contribution in [-0.4, -0.2) is 20.5 Å². The van der Waals surface area contributed by atoms with Crippen molar-refractivity contribution in [1.82, 2.24) is 14.6 Å². The molecule has 0 saturated heterocycles. The van der Waals surface area contributed by atoms with E-state index in [1.807, 2.05) is 35.6 Å². The maximum Gasteiger partial charge on any atom is 0.255 e. The zero-order chi connectivity index (χ0) is 14.8. The Balaban J connectivity index is 1.82. The molecule has 0 aliphatic carbocycles. The molecule has 1 N–H and O–H groups in total. The van der Waals surface area contributed by atoms with Crippen LogP contribution >= 0.6 is 0 Å². The second kappa shape index (κ2) is 5.36. The minimum atomic E-state index is -0.151. The Labute approximate surface area is 122 Å². The lowest BCUT2D eigenvalue weighted by Crippen LogP contribution is -2.12. The van der Waals surface area contributed by atoms with Gasteiger partial charge in [0.15, 0.2) is 5.65 Å². The number of hydrogen-bond acceptors (Lipinski definition) is 3. The second-order valence-corrected chi connectivity index (χ2v) is 4.90. The summed E-state index contributed by atoms with van der Waals surface area (Å²) in [6, 6.07) is 11.4. The molecule has 5 heteroatoms. The quantitative estimate of drug-likeness (QED) is 0.802. The highest BCUT2D eigenvalue weighted by Crippen LogP contribution is 2.13. The van der Waals surface area contributed by atoms with E-state index in [1.54, 1.807) is 18.3 Å². The fourth-order valence-corrected chi connectivity index (χ4v) is 2.18. The molecule has 0 atom stereocenters. The fourth-order valence-electron chi connectivity index (χ4n) is 2.18. The Hall–Kier alpha value is -2.69. The summed E-state index contributed by atoms with van der Waals surface area (Å²) in [5.41, 5.74) is 3.26. The minimum absolute atomic E-state index is 0.151. The largest absolute Gasteiger partial charge is 0.322 e. The average molecular weight is 280 g/mol. The number of rotatable bonds is 3. The average Bonchev–Trinajstić information content (AvgIpc) is 2.89.